The molecule has 0 unspecified atom stereocenters. The van der Waals surface area contributed by atoms with Crippen molar-refractivity contribution >= 4 is 21.7 Å². The van der Waals surface area contributed by atoms with Crippen molar-refractivity contribution in [2.45, 2.75) is 19.8 Å². The van der Waals surface area contributed by atoms with Crippen molar-refractivity contribution in [2.24, 2.45) is 0 Å². The van der Waals surface area contributed by atoms with Crippen molar-refractivity contribution in [3.63, 3.8) is 0 Å². The smallest absolute Gasteiger partial charge is 0.311 e. The van der Waals surface area contributed by atoms with Gasteiger partial charge in [-0.25, -0.2) is 8.42 Å². The molecule has 0 aromatic heterocycles. The van der Waals surface area contributed by atoms with E-state index in [0.717, 1.165) is 12.7 Å². The van der Waals surface area contributed by atoms with E-state index in [2.05, 4.69) is 4.72 Å². The first-order valence-electron chi connectivity index (χ1n) is 5.19. The average Bonchev–Trinajstić information content (AvgIpc) is 2.19. The van der Waals surface area contributed by atoms with Gasteiger partial charge in [-0.05, 0) is 30.7 Å². The van der Waals surface area contributed by atoms with Gasteiger partial charge in [-0.3, -0.25) is 9.52 Å². The van der Waals surface area contributed by atoms with Crippen LogP contribution in [-0.2, 0) is 14.8 Å². The first-order chi connectivity index (χ1) is 7.90. The van der Waals surface area contributed by atoms with Crippen LogP contribution in [0.25, 0.3) is 0 Å². The Morgan fingerprint density at radius 3 is 2.35 bits per heavy atom. The zero-order valence-electron chi connectivity index (χ0n) is 9.76. The van der Waals surface area contributed by atoms with E-state index in [1.165, 1.54) is 12.1 Å². The molecule has 0 heterocycles. The highest BCUT2D eigenvalue weighted by atomic mass is 32.2. The Hall–Kier alpha value is -1.56. The molecule has 6 heteroatoms. The van der Waals surface area contributed by atoms with Gasteiger partial charge in [-0.1, -0.05) is 6.92 Å². The molecule has 1 N–H and O–H groups in total. The molecule has 0 radical (unpaired) electrons. The molecule has 0 amide bonds. The molecular weight excluding hydrogens is 242 g/mol. The summed E-state index contributed by atoms with van der Waals surface area (Å²) in [6.07, 6.45) is 2.16. The molecule has 94 valence electrons. The van der Waals surface area contributed by atoms with Gasteiger partial charge >= 0.3 is 5.97 Å². The Bertz CT molecular complexity index is 479. The van der Waals surface area contributed by atoms with Crippen LogP contribution < -0.4 is 9.46 Å². The minimum absolute atomic E-state index is 0.295. The average molecular weight is 257 g/mol. The molecular formula is C11H15NO4S. The lowest BCUT2D eigenvalue weighted by Gasteiger charge is -2.06. The van der Waals surface area contributed by atoms with Crippen molar-refractivity contribution in [3.05, 3.63) is 24.3 Å². The second kappa shape index (κ2) is 5.67. The minimum atomic E-state index is -3.28. The van der Waals surface area contributed by atoms with Crippen LogP contribution in [0.5, 0.6) is 5.75 Å². The number of ether oxygens (including phenoxy) is 1. The fourth-order valence-electron chi connectivity index (χ4n) is 1.19. The van der Waals surface area contributed by atoms with E-state index in [9.17, 15) is 13.2 Å². The van der Waals surface area contributed by atoms with Crippen molar-refractivity contribution in [1.82, 2.24) is 0 Å². The van der Waals surface area contributed by atoms with Gasteiger partial charge in [0, 0.05) is 12.1 Å². The van der Waals surface area contributed by atoms with Gasteiger partial charge in [0.05, 0.1) is 6.26 Å². The maximum atomic E-state index is 11.2. The summed E-state index contributed by atoms with van der Waals surface area (Å²) in [5.74, 6) is 0.110. The van der Waals surface area contributed by atoms with E-state index >= 15 is 0 Å². The van der Waals surface area contributed by atoms with Crippen LogP contribution in [0, 0.1) is 0 Å². The molecule has 5 nitrogen and oxygen atoms in total. The Balaban J connectivity index is 2.65. The summed E-state index contributed by atoms with van der Waals surface area (Å²) in [4.78, 5) is 11.2. The Morgan fingerprint density at radius 2 is 1.88 bits per heavy atom. The van der Waals surface area contributed by atoms with Crippen LogP contribution in [0.3, 0.4) is 0 Å². The summed E-state index contributed by atoms with van der Waals surface area (Å²) in [5, 5.41) is 0. The van der Waals surface area contributed by atoms with Gasteiger partial charge in [-0.15, -0.1) is 0 Å². The molecule has 0 saturated heterocycles. The number of sulfonamides is 1. The van der Waals surface area contributed by atoms with Crippen molar-refractivity contribution < 1.29 is 17.9 Å². The number of esters is 1. The number of anilines is 1. The van der Waals surface area contributed by atoms with Gasteiger partial charge in [0.15, 0.2) is 0 Å². The van der Waals surface area contributed by atoms with Crippen LogP contribution in [-0.4, -0.2) is 20.6 Å². The third-order valence-corrected chi connectivity index (χ3v) is 2.45. The summed E-state index contributed by atoms with van der Waals surface area (Å²) >= 11 is 0. The normalized spacial score (nSPS) is 10.9. The van der Waals surface area contributed by atoms with Crippen molar-refractivity contribution in [3.8, 4) is 5.75 Å². The number of carbonyl (C=O) groups excluding carboxylic acids is 1. The van der Waals surface area contributed by atoms with E-state index in [1.54, 1.807) is 12.1 Å². The zero-order valence-corrected chi connectivity index (χ0v) is 10.6. The van der Waals surface area contributed by atoms with Gasteiger partial charge in [0.1, 0.15) is 5.75 Å². The Labute approximate surface area is 101 Å². The number of nitrogens with one attached hydrogen (secondary N) is 1. The number of rotatable bonds is 5. The van der Waals surface area contributed by atoms with E-state index in [4.69, 9.17) is 4.74 Å². The third kappa shape index (κ3) is 5.35. The van der Waals surface area contributed by atoms with Crippen LogP contribution in [0.15, 0.2) is 24.3 Å². The second-order valence-electron chi connectivity index (χ2n) is 3.62. The van der Waals surface area contributed by atoms with Crippen molar-refractivity contribution in [1.29, 1.82) is 0 Å². The monoisotopic (exact) mass is 257 g/mol. The Kier molecular flexibility index (Phi) is 4.51. The van der Waals surface area contributed by atoms with E-state index in [-0.39, 0.29) is 5.97 Å². The molecule has 0 aliphatic rings. The molecule has 0 aliphatic carbocycles. The SMILES string of the molecule is CCCC(=O)Oc1ccc(NS(C)(=O)=O)cc1. The standard InChI is InChI=1S/C11H15NO4S/c1-3-4-11(13)16-10-7-5-9(6-8-10)12-17(2,14)15/h5-8,12H,3-4H2,1-2H3. The lowest BCUT2D eigenvalue weighted by molar-refractivity contribution is -0.134. The molecule has 0 fully saturated rings. The highest BCUT2D eigenvalue weighted by Gasteiger charge is 2.04. The molecule has 1 aromatic rings. The van der Waals surface area contributed by atoms with Crippen LogP contribution >= 0.6 is 0 Å². The lowest BCUT2D eigenvalue weighted by atomic mass is 10.3. The summed E-state index contributed by atoms with van der Waals surface area (Å²) in [5.41, 5.74) is 0.433. The minimum Gasteiger partial charge on any atom is -0.427 e. The number of benzene rings is 1. The van der Waals surface area contributed by atoms with Crippen LogP contribution in [0.2, 0.25) is 0 Å². The predicted molar refractivity (Wildman–Crippen MR) is 65.5 cm³/mol. The molecule has 0 atom stereocenters. The van der Waals surface area contributed by atoms with E-state index in [0.29, 0.717) is 17.9 Å². The molecule has 1 rings (SSSR count). The highest BCUT2D eigenvalue weighted by molar-refractivity contribution is 7.92. The van der Waals surface area contributed by atoms with Gasteiger partial charge < -0.3 is 4.74 Å². The number of hydrogen-bond donors (Lipinski definition) is 1. The summed E-state index contributed by atoms with van der Waals surface area (Å²) in [6, 6.07) is 6.16. The van der Waals surface area contributed by atoms with Gasteiger partial charge in [0.2, 0.25) is 10.0 Å². The maximum absolute atomic E-state index is 11.2. The van der Waals surface area contributed by atoms with Crippen molar-refractivity contribution in [2.75, 3.05) is 11.0 Å². The molecule has 0 aliphatic heterocycles. The summed E-state index contributed by atoms with van der Waals surface area (Å²) in [7, 11) is -3.28. The third-order valence-electron chi connectivity index (χ3n) is 1.84. The lowest BCUT2D eigenvalue weighted by Crippen LogP contribution is -2.10. The summed E-state index contributed by atoms with van der Waals surface area (Å²) < 4.78 is 29.2. The summed E-state index contributed by atoms with van der Waals surface area (Å²) in [6.45, 7) is 1.89. The van der Waals surface area contributed by atoms with E-state index in [1.807, 2.05) is 6.92 Å². The molecule has 1 aromatic carbocycles. The predicted octanol–water partition coefficient (Wildman–Crippen LogP) is 1.76. The quantitative estimate of drug-likeness (QED) is 0.644. The molecule has 0 saturated carbocycles. The van der Waals surface area contributed by atoms with Gasteiger partial charge in [-0.2, -0.15) is 0 Å². The van der Waals surface area contributed by atoms with E-state index < -0.39 is 10.0 Å². The first-order valence-corrected chi connectivity index (χ1v) is 7.08. The largest absolute Gasteiger partial charge is 0.427 e. The Morgan fingerprint density at radius 1 is 1.29 bits per heavy atom. The topological polar surface area (TPSA) is 72.5 Å². The molecule has 0 spiro atoms. The fraction of sp³-hybridized carbons (Fsp3) is 0.364. The van der Waals surface area contributed by atoms with Crippen LogP contribution in [0.4, 0.5) is 5.69 Å². The first kappa shape index (κ1) is 13.5. The number of hydrogen-bond acceptors (Lipinski definition) is 4. The fourth-order valence-corrected chi connectivity index (χ4v) is 1.76. The second-order valence-corrected chi connectivity index (χ2v) is 5.37. The zero-order chi connectivity index (χ0) is 12.9. The van der Waals surface area contributed by atoms with Gasteiger partial charge in [0.25, 0.3) is 0 Å². The highest BCUT2D eigenvalue weighted by Crippen LogP contribution is 2.17. The maximum Gasteiger partial charge on any atom is 0.311 e. The molecule has 17 heavy (non-hydrogen) atoms. The number of carbonyl (C=O) groups is 1. The molecule has 0 bridgehead atoms. The van der Waals surface area contributed by atoms with Crippen LogP contribution in [0.1, 0.15) is 19.8 Å².